The van der Waals surface area contributed by atoms with Crippen LogP contribution in [0.1, 0.15) is 5.56 Å². The standard InChI is InChI=1S/C43H28N2O/c1-27-10-2-5-14-35(27)45-36-15-6-3-11-31(36)34-26-29(22-25-37(34)45)28-20-23-30(24-21-28)44-38-16-8-13-33-32-12-4-7-18-40(32)46-41-19-9-17-39(44)43(41)42(33)38/h2-26H,1H3. The molecule has 3 aromatic heterocycles. The molecular weight excluding hydrogens is 560 g/mol. The van der Waals surface area contributed by atoms with Gasteiger partial charge in [-0.3, -0.25) is 0 Å². The maximum atomic E-state index is 6.53. The lowest BCUT2D eigenvalue weighted by Crippen LogP contribution is -1.96. The van der Waals surface area contributed by atoms with Gasteiger partial charge in [-0.1, -0.05) is 91.0 Å². The zero-order chi connectivity index (χ0) is 30.4. The fourth-order valence-corrected chi connectivity index (χ4v) is 7.59. The van der Waals surface area contributed by atoms with Gasteiger partial charge in [0, 0.05) is 32.9 Å². The lowest BCUT2D eigenvalue weighted by molar-refractivity contribution is 0.664. The van der Waals surface area contributed by atoms with Gasteiger partial charge in [0.15, 0.2) is 0 Å². The van der Waals surface area contributed by atoms with E-state index in [9.17, 15) is 0 Å². The van der Waals surface area contributed by atoms with Crippen LogP contribution in [-0.2, 0) is 0 Å². The third-order valence-corrected chi connectivity index (χ3v) is 9.66. The first-order valence-corrected chi connectivity index (χ1v) is 15.8. The van der Waals surface area contributed by atoms with Crippen LogP contribution < -0.4 is 0 Å². The molecule has 10 aromatic rings. The summed E-state index contributed by atoms with van der Waals surface area (Å²) in [5.41, 5.74) is 12.6. The summed E-state index contributed by atoms with van der Waals surface area (Å²) in [7, 11) is 0. The number of fused-ring (bicyclic) bond motifs is 5. The molecule has 0 spiro atoms. The lowest BCUT2D eigenvalue weighted by Gasteiger charge is -2.11. The molecule has 0 radical (unpaired) electrons. The second kappa shape index (κ2) is 9.47. The fourth-order valence-electron chi connectivity index (χ4n) is 7.59. The summed E-state index contributed by atoms with van der Waals surface area (Å²) in [5, 5.41) is 7.25. The molecule has 0 bridgehead atoms. The van der Waals surface area contributed by atoms with E-state index in [-0.39, 0.29) is 0 Å². The van der Waals surface area contributed by atoms with E-state index in [2.05, 4.69) is 162 Å². The highest BCUT2D eigenvalue weighted by Crippen LogP contribution is 2.41. The Hall–Kier alpha value is -6.06. The molecule has 3 heterocycles. The zero-order valence-electron chi connectivity index (χ0n) is 25.2. The van der Waals surface area contributed by atoms with Crippen LogP contribution in [0.4, 0.5) is 0 Å². The number of para-hydroxylation sites is 3. The molecule has 0 fully saturated rings. The van der Waals surface area contributed by atoms with E-state index < -0.39 is 0 Å². The Morgan fingerprint density at radius 3 is 1.91 bits per heavy atom. The summed E-state index contributed by atoms with van der Waals surface area (Å²) < 4.78 is 11.3. The van der Waals surface area contributed by atoms with E-state index >= 15 is 0 Å². The SMILES string of the molecule is Cc1ccccc1-n1c2ccccc2c2cc(-c3ccc(-n4c5cccc6oc7ccccc7c7cccc4c7c65)cc3)ccc21. The Balaban J connectivity index is 1.15. The van der Waals surface area contributed by atoms with Crippen molar-refractivity contribution < 1.29 is 4.42 Å². The van der Waals surface area contributed by atoms with Crippen LogP contribution in [0.15, 0.2) is 156 Å². The Labute approximate surface area is 265 Å². The molecule has 46 heavy (non-hydrogen) atoms. The molecule has 0 saturated carbocycles. The second-order valence-corrected chi connectivity index (χ2v) is 12.2. The van der Waals surface area contributed by atoms with Crippen LogP contribution in [-0.4, -0.2) is 9.13 Å². The van der Waals surface area contributed by atoms with Crippen LogP contribution >= 0.6 is 0 Å². The van der Waals surface area contributed by atoms with Crippen molar-refractivity contribution in [3.8, 4) is 22.5 Å². The van der Waals surface area contributed by atoms with Gasteiger partial charge in [0.25, 0.3) is 0 Å². The van der Waals surface area contributed by atoms with Gasteiger partial charge in [-0.2, -0.15) is 0 Å². The highest BCUT2D eigenvalue weighted by atomic mass is 16.3. The minimum atomic E-state index is 0.897. The van der Waals surface area contributed by atoms with E-state index in [0.717, 1.165) is 33.1 Å². The molecule has 0 atom stereocenters. The normalized spacial score (nSPS) is 12.0. The van der Waals surface area contributed by atoms with Crippen molar-refractivity contribution >= 4 is 65.6 Å². The first-order chi connectivity index (χ1) is 22.7. The van der Waals surface area contributed by atoms with Crippen molar-refractivity contribution in [1.82, 2.24) is 9.13 Å². The summed E-state index contributed by atoms with van der Waals surface area (Å²) >= 11 is 0. The van der Waals surface area contributed by atoms with Crippen molar-refractivity contribution in [2.24, 2.45) is 0 Å². The molecule has 216 valence electrons. The van der Waals surface area contributed by atoms with E-state index in [1.165, 1.54) is 60.5 Å². The maximum Gasteiger partial charge on any atom is 0.137 e. The van der Waals surface area contributed by atoms with Crippen LogP contribution in [0.3, 0.4) is 0 Å². The van der Waals surface area contributed by atoms with Crippen LogP contribution in [0.2, 0.25) is 0 Å². The minimum Gasteiger partial charge on any atom is -0.456 e. The molecule has 3 nitrogen and oxygen atoms in total. The molecule has 0 aliphatic rings. The molecule has 10 rings (SSSR count). The molecule has 3 heteroatoms. The van der Waals surface area contributed by atoms with Crippen molar-refractivity contribution in [3.63, 3.8) is 0 Å². The zero-order valence-corrected chi connectivity index (χ0v) is 25.2. The Morgan fingerprint density at radius 2 is 1.04 bits per heavy atom. The summed E-state index contributed by atoms with van der Waals surface area (Å²) in [4.78, 5) is 0. The Kier molecular flexibility index (Phi) is 5.20. The second-order valence-electron chi connectivity index (χ2n) is 12.2. The summed E-state index contributed by atoms with van der Waals surface area (Å²) in [5.74, 6) is 0. The highest BCUT2D eigenvalue weighted by molar-refractivity contribution is 6.26. The van der Waals surface area contributed by atoms with Crippen LogP contribution in [0.25, 0.3) is 88.1 Å². The van der Waals surface area contributed by atoms with E-state index in [0.29, 0.717) is 0 Å². The van der Waals surface area contributed by atoms with Crippen molar-refractivity contribution in [3.05, 3.63) is 157 Å². The van der Waals surface area contributed by atoms with Gasteiger partial charge in [0.1, 0.15) is 11.2 Å². The van der Waals surface area contributed by atoms with Crippen LogP contribution in [0.5, 0.6) is 0 Å². The third-order valence-electron chi connectivity index (χ3n) is 9.66. The number of hydrogen-bond donors (Lipinski definition) is 0. The minimum absolute atomic E-state index is 0.897. The quantitative estimate of drug-likeness (QED) is 0.201. The number of aromatic nitrogens is 2. The third kappa shape index (κ3) is 3.48. The Bertz CT molecular complexity index is 2810. The predicted molar refractivity (Wildman–Crippen MR) is 193 cm³/mol. The number of rotatable bonds is 3. The fraction of sp³-hybridized carbons (Fsp3) is 0.0233. The first-order valence-electron chi connectivity index (χ1n) is 15.8. The van der Waals surface area contributed by atoms with Crippen molar-refractivity contribution in [2.75, 3.05) is 0 Å². The van der Waals surface area contributed by atoms with E-state index in [4.69, 9.17) is 4.42 Å². The lowest BCUT2D eigenvalue weighted by atomic mass is 10.0. The molecule has 0 N–H and O–H groups in total. The molecule has 0 amide bonds. The maximum absolute atomic E-state index is 6.53. The average Bonchev–Trinajstić information content (AvgIpc) is 3.57. The first kappa shape index (κ1) is 25.3. The highest BCUT2D eigenvalue weighted by Gasteiger charge is 2.19. The topological polar surface area (TPSA) is 23.0 Å². The van der Waals surface area contributed by atoms with Crippen molar-refractivity contribution in [1.29, 1.82) is 0 Å². The largest absolute Gasteiger partial charge is 0.456 e. The number of hydrogen-bond acceptors (Lipinski definition) is 1. The monoisotopic (exact) mass is 588 g/mol. The number of aryl methyl sites for hydroxylation is 1. The van der Waals surface area contributed by atoms with E-state index in [1.54, 1.807) is 0 Å². The predicted octanol–water partition coefficient (Wildman–Crippen LogP) is 11.8. The molecule has 0 aliphatic heterocycles. The van der Waals surface area contributed by atoms with Gasteiger partial charge < -0.3 is 13.6 Å². The van der Waals surface area contributed by atoms with E-state index in [1.807, 2.05) is 6.07 Å². The average molecular weight is 589 g/mol. The molecular formula is C43H28N2O. The number of nitrogens with zero attached hydrogens (tertiary/aromatic N) is 2. The summed E-state index contributed by atoms with van der Waals surface area (Å²) in [6.07, 6.45) is 0. The van der Waals surface area contributed by atoms with Gasteiger partial charge in [-0.05, 0) is 89.7 Å². The summed E-state index contributed by atoms with van der Waals surface area (Å²) in [6.45, 7) is 2.18. The summed E-state index contributed by atoms with van der Waals surface area (Å²) in [6, 6.07) is 54.5. The Morgan fingerprint density at radius 1 is 0.413 bits per heavy atom. The number of benzene rings is 7. The molecule has 0 saturated heterocycles. The van der Waals surface area contributed by atoms with Crippen molar-refractivity contribution in [2.45, 2.75) is 6.92 Å². The van der Waals surface area contributed by atoms with Gasteiger partial charge in [0.2, 0.25) is 0 Å². The van der Waals surface area contributed by atoms with Gasteiger partial charge in [-0.25, -0.2) is 0 Å². The molecule has 0 unspecified atom stereocenters. The molecule has 7 aromatic carbocycles. The smallest absolute Gasteiger partial charge is 0.137 e. The van der Waals surface area contributed by atoms with Crippen LogP contribution in [0, 0.1) is 6.92 Å². The van der Waals surface area contributed by atoms with Gasteiger partial charge in [0.05, 0.1) is 27.5 Å². The molecule has 0 aliphatic carbocycles. The van der Waals surface area contributed by atoms with Gasteiger partial charge >= 0.3 is 0 Å². The van der Waals surface area contributed by atoms with Gasteiger partial charge in [-0.15, -0.1) is 0 Å².